The van der Waals surface area contributed by atoms with E-state index < -0.39 is 11.9 Å². The number of nitrogens with zero attached hydrogens (tertiary/aromatic N) is 1. The summed E-state index contributed by atoms with van der Waals surface area (Å²) < 4.78 is 5.40. The van der Waals surface area contributed by atoms with Gasteiger partial charge in [-0.25, -0.2) is 10.5 Å². The summed E-state index contributed by atoms with van der Waals surface area (Å²) >= 11 is 3.24. The molecule has 5 nitrogen and oxygen atoms in total. The standard InChI is InChI=1S/C12H10N2O3S2/c15-11(14-16)7-6-17-12(13-7)10-4-3-9(19-10)8-2-1-5-18-8/h1-5,7,16H,6H2,(H,14,15). The third-order valence-electron chi connectivity index (χ3n) is 2.64. The van der Waals surface area contributed by atoms with Gasteiger partial charge in [-0.1, -0.05) is 6.07 Å². The Kier molecular flexibility index (Phi) is 3.33. The second-order valence-electron chi connectivity index (χ2n) is 3.88. The Morgan fingerprint density at radius 3 is 2.95 bits per heavy atom. The van der Waals surface area contributed by atoms with Gasteiger partial charge in [-0.2, -0.15) is 0 Å². The molecule has 0 aromatic carbocycles. The van der Waals surface area contributed by atoms with Crippen molar-refractivity contribution >= 4 is 34.5 Å². The van der Waals surface area contributed by atoms with Crippen molar-refractivity contribution < 1.29 is 14.7 Å². The summed E-state index contributed by atoms with van der Waals surface area (Å²) in [7, 11) is 0. The fourth-order valence-electron chi connectivity index (χ4n) is 1.72. The minimum Gasteiger partial charge on any atom is -0.474 e. The van der Waals surface area contributed by atoms with Gasteiger partial charge in [-0.05, 0) is 23.6 Å². The van der Waals surface area contributed by atoms with Crippen molar-refractivity contribution in [3.8, 4) is 9.75 Å². The largest absolute Gasteiger partial charge is 0.474 e. The number of amides is 1. The summed E-state index contributed by atoms with van der Waals surface area (Å²) in [5.74, 6) is -0.0913. The Balaban J connectivity index is 1.82. The van der Waals surface area contributed by atoms with E-state index in [1.165, 1.54) is 4.88 Å². The number of rotatable bonds is 3. The van der Waals surface area contributed by atoms with E-state index in [9.17, 15) is 4.79 Å². The van der Waals surface area contributed by atoms with Crippen molar-refractivity contribution in [1.29, 1.82) is 0 Å². The first-order valence-corrected chi connectivity index (χ1v) is 7.26. The lowest BCUT2D eigenvalue weighted by Gasteiger charge is -1.99. The second kappa shape index (κ2) is 5.12. The maximum Gasteiger partial charge on any atom is 0.271 e. The molecular weight excluding hydrogens is 284 g/mol. The van der Waals surface area contributed by atoms with Gasteiger partial charge >= 0.3 is 0 Å². The van der Waals surface area contributed by atoms with E-state index in [2.05, 4.69) is 11.1 Å². The van der Waals surface area contributed by atoms with E-state index in [-0.39, 0.29) is 6.61 Å². The number of hydrogen-bond donors (Lipinski definition) is 2. The van der Waals surface area contributed by atoms with Gasteiger partial charge in [0.15, 0.2) is 6.04 Å². The van der Waals surface area contributed by atoms with Crippen molar-refractivity contribution in [2.45, 2.75) is 6.04 Å². The monoisotopic (exact) mass is 294 g/mol. The third kappa shape index (κ3) is 2.40. The summed E-state index contributed by atoms with van der Waals surface area (Å²) in [4.78, 5) is 18.6. The highest BCUT2D eigenvalue weighted by Crippen LogP contribution is 2.32. The van der Waals surface area contributed by atoms with Crippen LogP contribution in [0.3, 0.4) is 0 Å². The molecule has 3 rings (SSSR count). The van der Waals surface area contributed by atoms with Crippen LogP contribution in [0, 0.1) is 0 Å². The molecule has 0 radical (unpaired) electrons. The van der Waals surface area contributed by atoms with Crippen molar-refractivity contribution in [1.82, 2.24) is 5.48 Å². The smallest absolute Gasteiger partial charge is 0.271 e. The molecule has 1 aliphatic rings. The molecule has 1 atom stereocenters. The van der Waals surface area contributed by atoms with Crippen molar-refractivity contribution in [3.63, 3.8) is 0 Å². The maximum absolute atomic E-state index is 11.2. The number of ether oxygens (including phenoxy) is 1. The van der Waals surface area contributed by atoms with Crippen LogP contribution >= 0.6 is 22.7 Å². The van der Waals surface area contributed by atoms with E-state index in [0.717, 1.165) is 9.75 Å². The van der Waals surface area contributed by atoms with Crippen LogP contribution in [0.15, 0.2) is 34.6 Å². The lowest BCUT2D eigenvalue weighted by Crippen LogP contribution is -2.31. The molecule has 19 heavy (non-hydrogen) atoms. The Hall–Kier alpha value is -1.70. The zero-order valence-electron chi connectivity index (χ0n) is 9.70. The molecule has 1 unspecified atom stereocenters. The van der Waals surface area contributed by atoms with Gasteiger partial charge in [0.05, 0.1) is 4.88 Å². The fourth-order valence-corrected chi connectivity index (χ4v) is 3.51. The molecule has 2 aromatic heterocycles. The highest BCUT2D eigenvalue weighted by Gasteiger charge is 2.27. The van der Waals surface area contributed by atoms with Gasteiger partial charge in [0.25, 0.3) is 5.91 Å². The lowest BCUT2D eigenvalue weighted by atomic mass is 10.3. The molecular formula is C12H10N2O3S2. The summed E-state index contributed by atoms with van der Waals surface area (Å²) in [6, 6.07) is 7.33. The first-order chi connectivity index (χ1) is 9.28. The number of hydrogen-bond acceptors (Lipinski definition) is 6. The molecule has 2 N–H and O–H groups in total. The van der Waals surface area contributed by atoms with Gasteiger partial charge in [-0.3, -0.25) is 10.0 Å². The molecule has 0 saturated carbocycles. The maximum atomic E-state index is 11.2. The Morgan fingerprint density at radius 2 is 2.21 bits per heavy atom. The van der Waals surface area contributed by atoms with Crippen LogP contribution in [0.2, 0.25) is 0 Å². The average Bonchev–Trinajstić information content (AvgIpc) is 3.14. The summed E-state index contributed by atoms with van der Waals surface area (Å²) in [5, 5.41) is 10.6. The molecule has 3 heterocycles. The van der Waals surface area contributed by atoms with Crippen molar-refractivity contribution in [2.24, 2.45) is 4.99 Å². The highest BCUT2D eigenvalue weighted by molar-refractivity contribution is 7.22. The van der Waals surface area contributed by atoms with E-state index >= 15 is 0 Å². The zero-order valence-corrected chi connectivity index (χ0v) is 11.3. The first kappa shape index (κ1) is 12.3. The van der Waals surface area contributed by atoms with Crippen LogP contribution in [-0.4, -0.2) is 29.7 Å². The summed E-state index contributed by atoms with van der Waals surface area (Å²) in [5.41, 5.74) is 1.59. The van der Waals surface area contributed by atoms with E-state index in [4.69, 9.17) is 9.94 Å². The molecule has 0 bridgehead atoms. The van der Waals surface area contributed by atoms with Crippen LogP contribution < -0.4 is 5.48 Å². The predicted molar refractivity (Wildman–Crippen MR) is 73.8 cm³/mol. The third-order valence-corrected chi connectivity index (χ3v) is 4.78. The van der Waals surface area contributed by atoms with Crippen LogP contribution in [-0.2, 0) is 9.53 Å². The molecule has 0 fully saturated rings. The first-order valence-electron chi connectivity index (χ1n) is 5.56. The molecule has 2 aromatic rings. The van der Waals surface area contributed by atoms with Crippen molar-refractivity contribution in [2.75, 3.05) is 6.61 Å². The molecule has 1 amide bonds. The number of thiophene rings is 2. The van der Waals surface area contributed by atoms with E-state index in [1.807, 2.05) is 23.6 Å². The fraction of sp³-hybridized carbons (Fsp3) is 0.167. The number of hydroxylamine groups is 1. The topological polar surface area (TPSA) is 70.9 Å². The van der Waals surface area contributed by atoms with Gasteiger partial charge in [0.2, 0.25) is 5.90 Å². The predicted octanol–water partition coefficient (Wildman–Crippen LogP) is 2.13. The van der Waals surface area contributed by atoms with Crippen LogP contribution in [0.5, 0.6) is 0 Å². The Morgan fingerprint density at radius 1 is 1.37 bits per heavy atom. The molecule has 7 heteroatoms. The van der Waals surface area contributed by atoms with Crippen LogP contribution in [0.25, 0.3) is 9.75 Å². The summed E-state index contributed by atoms with van der Waals surface area (Å²) in [6.07, 6.45) is 0. The Bertz CT molecular complexity index is 619. The molecule has 0 aliphatic carbocycles. The van der Waals surface area contributed by atoms with Gasteiger partial charge < -0.3 is 4.74 Å². The molecule has 0 spiro atoms. The minimum atomic E-state index is -0.674. The SMILES string of the molecule is O=C(NO)C1COC(c2ccc(-c3cccs3)s2)=N1. The zero-order chi connectivity index (χ0) is 13.2. The van der Waals surface area contributed by atoms with E-state index in [0.29, 0.717) is 5.90 Å². The average molecular weight is 294 g/mol. The molecule has 1 aliphatic heterocycles. The van der Waals surface area contributed by atoms with Crippen molar-refractivity contribution in [3.05, 3.63) is 34.5 Å². The van der Waals surface area contributed by atoms with Gasteiger partial charge in [0.1, 0.15) is 6.61 Å². The van der Waals surface area contributed by atoms with Gasteiger partial charge in [-0.15, -0.1) is 22.7 Å². The molecule has 0 saturated heterocycles. The van der Waals surface area contributed by atoms with Crippen LogP contribution in [0.4, 0.5) is 0 Å². The minimum absolute atomic E-state index is 0.161. The van der Waals surface area contributed by atoms with Crippen LogP contribution in [0.1, 0.15) is 4.88 Å². The Labute approximate surface area is 117 Å². The summed E-state index contributed by atoms with van der Waals surface area (Å²) in [6.45, 7) is 0.161. The highest BCUT2D eigenvalue weighted by atomic mass is 32.1. The van der Waals surface area contributed by atoms with Gasteiger partial charge in [0, 0.05) is 9.75 Å². The molecule has 98 valence electrons. The number of aliphatic imine (C=N–C) groups is 1. The number of carbonyl (C=O) groups excluding carboxylic acids is 1. The quantitative estimate of drug-likeness (QED) is 0.673. The number of carbonyl (C=O) groups is 1. The normalized spacial score (nSPS) is 17.9. The lowest BCUT2D eigenvalue weighted by molar-refractivity contribution is -0.130. The van der Waals surface area contributed by atoms with E-state index in [1.54, 1.807) is 28.2 Å². The number of nitrogens with one attached hydrogen (secondary N) is 1. The second-order valence-corrected chi connectivity index (χ2v) is 5.91.